The van der Waals surface area contributed by atoms with Crippen molar-refractivity contribution in [3.8, 4) is 11.4 Å². The Kier molecular flexibility index (Phi) is 7.78. The van der Waals surface area contributed by atoms with Gasteiger partial charge in [0.05, 0.1) is 17.6 Å². The van der Waals surface area contributed by atoms with Crippen LogP contribution >= 0.6 is 0 Å². The lowest BCUT2D eigenvalue weighted by Crippen LogP contribution is -2.65. The van der Waals surface area contributed by atoms with Crippen molar-refractivity contribution in [3.05, 3.63) is 72.1 Å². The van der Waals surface area contributed by atoms with Gasteiger partial charge in [0.1, 0.15) is 12.4 Å². The van der Waals surface area contributed by atoms with Gasteiger partial charge in [0.25, 0.3) is 0 Å². The largest absolute Gasteiger partial charge is 0.481 e. The number of rotatable bonds is 11. The van der Waals surface area contributed by atoms with E-state index in [1.165, 1.54) is 6.42 Å². The Balaban J connectivity index is 1.20. The van der Waals surface area contributed by atoms with E-state index in [4.69, 9.17) is 25.1 Å². The highest BCUT2D eigenvalue weighted by Gasteiger charge is 2.68. The van der Waals surface area contributed by atoms with Crippen LogP contribution in [0.1, 0.15) is 64.3 Å². The van der Waals surface area contributed by atoms with Crippen LogP contribution in [0, 0.1) is 17.3 Å². The summed E-state index contributed by atoms with van der Waals surface area (Å²) >= 11 is 0. The summed E-state index contributed by atoms with van der Waals surface area (Å²) in [6.45, 7) is 7.63. The maximum absolute atomic E-state index is 13.6. The molecule has 8 nitrogen and oxygen atoms in total. The summed E-state index contributed by atoms with van der Waals surface area (Å²) < 4.78 is 15.0. The molecule has 3 saturated carbocycles. The van der Waals surface area contributed by atoms with Crippen LogP contribution in [0.4, 0.5) is 0 Å². The van der Waals surface area contributed by atoms with Gasteiger partial charge in [-0.2, -0.15) is 5.10 Å². The first-order valence-corrected chi connectivity index (χ1v) is 15.1. The van der Waals surface area contributed by atoms with Crippen molar-refractivity contribution >= 4 is 13.0 Å². The molecular formula is C32H42BN5O3. The highest BCUT2D eigenvalue weighted by atomic mass is 16.7. The van der Waals surface area contributed by atoms with Crippen molar-refractivity contribution in [2.75, 3.05) is 6.54 Å². The van der Waals surface area contributed by atoms with Crippen LogP contribution in [-0.4, -0.2) is 52.0 Å². The first kappa shape index (κ1) is 28.1. The molecule has 1 aliphatic heterocycles. The number of carbonyl (C=O) groups is 1. The summed E-state index contributed by atoms with van der Waals surface area (Å²) in [5, 5.41) is 8.03. The van der Waals surface area contributed by atoms with E-state index >= 15 is 0 Å². The number of nitrogens with one attached hydrogen (secondary N) is 1. The fourth-order valence-corrected chi connectivity index (χ4v) is 7.36. The van der Waals surface area contributed by atoms with Crippen molar-refractivity contribution in [3.63, 3.8) is 0 Å². The third-order valence-corrected chi connectivity index (χ3v) is 9.89. The number of amides is 1. The molecule has 3 aromatic rings. The molecule has 0 spiro atoms. The van der Waals surface area contributed by atoms with E-state index in [1.807, 2.05) is 48.5 Å². The zero-order valence-electron chi connectivity index (χ0n) is 24.5. The molecule has 41 heavy (non-hydrogen) atoms. The van der Waals surface area contributed by atoms with Gasteiger partial charge < -0.3 is 20.4 Å². The molecule has 7 rings (SSSR count). The van der Waals surface area contributed by atoms with Crippen LogP contribution in [0.15, 0.2) is 60.7 Å². The molecule has 1 saturated heterocycles. The van der Waals surface area contributed by atoms with Crippen molar-refractivity contribution in [1.82, 2.24) is 20.1 Å². The van der Waals surface area contributed by atoms with Crippen LogP contribution in [0.25, 0.3) is 11.4 Å². The predicted molar refractivity (Wildman–Crippen MR) is 160 cm³/mol. The second kappa shape index (κ2) is 11.3. The molecule has 1 amide bonds. The zero-order valence-corrected chi connectivity index (χ0v) is 24.5. The normalized spacial score (nSPS) is 26.7. The van der Waals surface area contributed by atoms with Gasteiger partial charge in [-0.15, -0.1) is 0 Å². The maximum Gasteiger partial charge on any atom is 0.481 e. The highest BCUT2D eigenvalue weighted by molar-refractivity contribution is 6.47. The third-order valence-electron chi connectivity index (χ3n) is 9.89. The lowest BCUT2D eigenvalue weighted by Gasteiger charge is -2.64. The Morgan fingerprint density at radius 3 is 2.54 bits per heavy atom. The number of hydrogen-bond acceptors (Lipinski definition) is 6. The van der Waals surface area contributed by atoms with Gasteiger partial charge in [-0.1, -0.05) is 80.9 Å². The SMILES string of the molecule is CC1(C)C2CC3OB(C(CCCCN)NC(=O)Cn4nc(-c5ccccc5)nc4Cc4ccccc4)OC3(C)C1C2. The minimum Gasteiger partial charge on any atom is -0.404 e. The molecule has 4 fully saturated rings. The smallest absolute Gasteiger partial charge is 0.404 e. The Hall–Kier alpha value is -3.01. The molecule has 3 N–H and O–H groups in total. The van der Waals surface area contributed by atoms with E-state index in [9.17, 15) is 4.79 Å². The molecule has 2 bridgehead atoms. The van der Waals surface area contributed by atoms with Crippen molar-refractivity contribution < 1.29 is 14.1 Å². The van der Waals surface area contributed by atoms with Gasteiger partial charge in [0.2, 0.25) is 5.91 Å². The topological polar surface area (TPSA) is 104 Å². The maximum atomic E-state index is 13.6. The monoisotopic (exact) mass is 555 g/mol. The summed E-state index contributed by atoms with van der Waals surface area (Å²) in [4.78, 5) is 18.4. The number of nitrogens with two attached hydrogens (primary N) is 1. The molecule has 4 aliphatic rings. The Bertz CT molecular complexity index is 1350. The first-order valence-electron chi connectivity index (χ1n) is 15.1. The number of nitrogens with zero attached hydrogens (tertiary/aromatic N) is 3. The predicted octanol–water partition coefficient (Wildman–Crippen LogP) is 4.42. The van der Waals surface area contributed by atoms with Crippen molar-refractivity contribution in [1.29, 1.82) is 0 Å². The fraction of sp³-hybridized carbons (Fsp3) is 0.531. The molecule has 2 heterocycles. The van der Waals surface area contributed by atoms with Crippen LogP contribution in [0.3, 0.4) is 0 Å². The molecule has 1 aromatic heterocycles. The highest BCUT2D eigenvalue weighted by Crippen LogP contribution is 2.65. The molecule has 2 aromatic carbocycles. The Labute approximate surface area is 243 Å². The molecule has 216 valence electrons. The minimum absolute atomic E-state index is 0.0689. The van der Waals surface area contributed by atoms with E-state index in [-0.39, 0.29) is 35.5 Å². The summed E-state index contributed by atoms with van der Waals surface area (Å²) in [6.07, 6.45) is 5.40. The number of unbranched alkanes of at least 4 members (excludes halogenated alkanes) is 1. The lowest BCUT2D eigenvalue weighted by atomic mass is 9.43. The number of carbonyl (C=O) groups excluding carboxylic acids is 1. The van der Waals surface area contributed by atoms with E-state index in [2.05, 4.69) is 38.2 Å². The van der Waals surface area contributed by atoms with Gasteiger partial charge >= 0.3 is 7.12 Å². The Morgan fingerprint density at radius 2 is 1.83 bits per heavy atom. The van der Waals surface area contributed by atoms with E-state index < -0.39 is 7.12 Å². The van der Waals surface area contributed by atoms with E-state index in [0.29, 0.717) is 30.6 Å². The molecule has 0 radical (unpaired) electrons. The van der Waals surface area contributed by atoms with Gasteiger partial charge in [-0.05, 0) is 62.0 Å². The summed E-state index contributed by atoms with van der Waals surface area (Å²) in [6, 6.07) is 20.0. The molecule has 3 aliphatic carbocycles. The summed E-state index contributed by atoms with van der Waals surface area (Å²) in [5.74, 6) is 2.12. The molecular weight excluding hydrogens is 513 g/mol. The average molecular weight is 556 g/mol. The first-order chi connectivity index (χ1) is 19.8. The van der Waals surface area contributed by atoms with Crippen LogP contribution in [0.5, 0.6) is 0 Å². The second-order valence-electron chi connectivity index (χ2n) is 12.8. The van der Waals surface area contributed by atoms with Gasteiger partial charge in [0, 0.05) is 12.0 Å². The second-order valence-corrected chi connectivity index (χ2v) is 12.8. The molecule has 5 unspecified atom stereocenters. The minimum atomic E-state index is -0.471. The zero-order chi connectivity index (χ0) is 28.6. The fourth-order valence-electron chi connectivity index (χ4n) is 7.36. The van der Waals surface area contributed by atoms with Crippen molar-refractivity contribution in [2.24, 2.45) is 23.0 Å². The quantitative estimate of drug-likeness (QED) is 0.268. The van der Waals surface area contributed by atoms with E-state index in [0.717, 1.165) is 42.6 Å². The van der Waals surface area contributed by atoms with Gasteiger partial charge in [0.15, 0.2) is 5.82 Å². The van der Waals surface area contributed by atoms with Crippen molar-refractivity contribution in [2.45, 2.75) is 83.5 Å². The van der Waals surface area contributed by atoms with Gasteiger partial charge in [-0.25, -0.2) is 9.67 Å². The molecule has 5 atom stereocenters. The number of hydrogen-bond donors (Lipinski definition) is 2. The number of benzene rings is 2. The Morgan fingerprint density at radius 1 is 1.10 bits per heavy atom. The lowest BCUT2D eigenvalue weighted by molar-refractivity contribution is -0.199. The number of aromatic nitrogens is 3. The third kappa shape index (κ3) is 5.47. The average Bonchev–Trinajstić information content (AvgIpc) is 3.53. The van der Waals surface area contributed by atoms with E-state index in [1.54, 1.807) is 4.68 Å². The van der Waals surface area contributed by atoms with Crippen LogP contribution in [-0.2, 0) is 27.1 Å². The standard InChI is InChI=1S/C32H42BN5O3/c1-31(2)24-19-25(31)32(3)26(20-24)40-33(41-32)27(16-10-11-17-34)35-29(39)21-38-28(18-22-12-6-4-7-13-22)36-30(37-38)23-14-8-5-9-15-23/h4-9,12-15,24-27H,10-11,16-21,34H2,1-3H3,(H,35,39). The van der Waals surface area contributed by atoms with Gasteiger partial charge in [-0.3, -0.25) is 4.79 Å². The molecule has 9 heteroatoms. The van der Waals surface area contributed by atoms with Crippen LogP contribution in [0.2, 0.25) is 0 Å². The summed E-state index contributed by atoms with van der Waals surface area (Å²) in [5.41, 5.74) is 7.79. The van der Waals surface area contributed by atoms with Crippen LogP contribution < -0.4 is 11.1 Å². The summed E-state index contributed by atoms with van der Waals surface area (Å²) in [7, 11) is -0.471.